The molecule has 0 spiro atoms. The molecule has 64 valence electrons. The van der Waals surface area contributed by atoms with E-state index < -0.39 is 0 Å². The quantitative estimate of drug-likeness (QED) is 0.524. The van der Waals surface area contributed by atoms with E-state index in [1.165, 1.54) is 4.90 Å². The molecule has 1 aliphatic rings. The van der Waals surface area contributed by atoms with Crippen molar-refractivity contribution in [3.05, 3.63) is 0 Å². The average Bonchev–Trinajstić information content (AvgIpc) is 2.22. The topological polar surface area (TPSA) is 49.4 Å². The molecular formula is C7H14N2O2. The number of carbonyl (C=O) groups is 2. The van der Waals surface area contributed by atoms with Crippen molar-refractivity contribution in [1.29, 1.82) is 0 Å². The van der Waals surface area contributed by atoms with Crippen molar-refractivity contribution in [3.8, 4) is 0 Å². The first-order valence-electron chi connectivity index (χ1n) is 3.70. The first-order chi connectivity index (χ1) is 5.13. The smallest absolute Gasteiger partial charge is 0.316 e. The Morgan fingerprint density at radius 3 is 1.91 bits per heavy atom. The average molecular weight is 158 g/mol. The molecule has 1 N–H and O–H groups in total. The highest BCUT2D eigenvalue weighted by Crippen LogP contribution is 2.02. The third kappa shape index (κ3) is 1.93. The number of nitrogens with one attached hydrogen (secondary N) is 1. The van der Waals surface area contributed by atoms with Crippen molar-refractivity contribution < 1.29 is 9.59 Å². The van der Waals surface area contributed by atoms with Crippen LogP contribution in [0, 0.1) is 0 Å². The van der Waals surface area contributed by atoms with Gasteiger partial charge >= 0.3 is 6.03 Å². The van der Waals surface area contributed by atoms with Crippen LogP contribution in [0.15, 0.2) is 0 Å². The third-order valence-electron chi connectivity index (χ3n) is 1.51. The number of carbonyl (C=O) groups excluding carboxylic acids is 2. The van der Waals surface area contributed by atoms with Crippen molar-refractivity contribution >= 4 is 11.9 Å². The summed E-state index contributed by atoms with van der Waals surface area (Å²) in [5.41, 5.74) is 0. The van der Waals surface area contributed by atoms with E-state index in [0.29, 0.717) is 0 Å². The molecule has 4 heteroatoms. The first kappa shape index (κ1) is 9.94. The fourth-order valence-corrected chi connectivity index (χ4v) is 0.650. The maximum Gasteiger partial charge on any atom is 0.324 e. The maximum atomic E-state index is 10.6. The molecule has 0 bridgehead atoms. The number of rotatable bonds is 0. The van der Waals surface area contributed by atoms with Gasteiger partial charge in [-0.05, 0) is 6.92 Å². The van der Waals surface area contributed by atoms with E-state index in [2.05, 4.69) is 5.32 Å². The van der Waals surface area contributed by atoms with Crippen LogP contribution in [0.1, 0.15) is 20.8 Å². The van der Waals surface area contributed by atoms with Gasteiger partial charge in [0, 0.05) is 7.05 Å². The molecule has 1 saturated heterocycles. The molecule has 0 aromatic heterocycles. The van der Waals surface area contributed by atoms with Gasteiger partial charge in [-0.2, -0.15) is 0 Å². The lowest BCUT2D eigenvalue weighted by Gasteiger charge is -2.08. The second-order valence-electron chi connectivity index (χ2n) is 2.08. The van der Waals surface area contributed by atoms with Crippen LogP contribution in [0.25, 0.3) is 0 Å². The van der Waals surface area contributed by atoms with Crippen LogP contribution in [-0.4, -0.2) is 29.9 Å². The Bertz CT molecular complexity index is 150. The standard InChI is InChI=1S/C5H8N2O2.C2H6/c1-3-4(8)6-5(9)7(3)2;1-2/h3H,1-2H3,(H,6,8,9);1-2H3/t3-;/m0./s1. The molecule has 4 nitrogen and oxygen atoms in total. The van der Waals surface area contributed by atoms with E-state index in [0.717, 1.165) is 0 Å². The van der Waals surface area contributed by atoms with Gasteiger partial charge in [0.05, 0.1) is 0 Å². The van der Waals surface area contributed by atoms with E-state index in [4.69, 9.17) is 0 Å². The molecule has 11 heavy (non-hydrogen) atoms. The summed E-state index contributed by atoms with van der Waals surface area (Å²) < 4.78 is 0. The van der Waals surface area contributed by atoms with Crippen molar-refractivity contribution in [2.75, 3.05) is 7.05 Å². The zero-order valence-corrected chi connectivity index (χ0v) is 7.34. The summed E-state index contributed by atoms with van der Waals surface area (Å²) in [6.07, 6.45) is 0. The summed E-state index contributed by atoms with van der Waals surface area (Å²) in [5, 5.41) is 2.16. The van der Waals surface area contributed by atoms with E-state index in [1.807, 2.05) is 13.8 Å². The summed E-state index contributed by atoms with van der Waals surface area (Å²) >= 11 is 0. The van der Waals surface area contributed by atoms with Crippen LogP contribution >= 0.6 is 0 Å². The van der Waals surface area contributed by atoms with Gasteiger partial charge in [-0.1, -0.05) is 13.8 Å². The Labute approximate surface area is 66.6 Å². The third-order valence-corrected chi connectivity index (χ3v) is 1.51. The van der Waals surface area contributed by atoms with Gasteiger partial charge in [0.1, 0.15) is 6.04 Å². The lowest BCUT2D eigenvalue weighted by Crippen LogP contribution is -2.27. The summed E-state index contributed by atoms with van der Waals surface area (Å²) in [7, 11) is 1.59. The summed E-state index contributed by atoms with van der Waals surface area (Å²) in [6.45, 7) is 5.68. The molecule has 0 unspecified atom stereocenters. The van der Waals surface area contributed by atoms with Gasteiger partial charge in [-0.3, -0.25) is 10.1 Å². The second kappa shape index (κ2) is 3.95. The summed E-state index contributed by atoms with van der Waals surface area (Å²) in [5.74, 6) is -0.220. The Kier molecular flexibility index (Phi) is 3.57. The zero-order valence-electron chi connectivity index (χ0n) is 7.34. The Morgan fingerprint density at radius 1 is 1.36 bits per heavy atom. The molecule has 0 radical (unpaired) electrons. The van der Waals surface area contributed by atoms with Crippen LogP contribution < -0.4 is 5.32 Å². The molecule has 0 saturated carbocycles. The second-order valence-corrected chi connectivity index (χ2v) is 2.08. The van der Waals surface area contributed by atoms with Crippen molar-refractivity contribution in [3.63, 3.8) is 0 Å². The fraction of sp³-hybridized carbons (Fsp3) is 0.714. The minimum atomic E-state index is -0.312. The highest BCUT2D eigenvalue weighted by atomic mass is 16.2. The number of hydrogen-bond acceptors (Lipinski definition) is 2. The van der Waals surface area contributed by atoms with Gasteiger partial charge in [-0.15, -0.1) is 0 Å². The zero-order chi connectivity index (χ0) is 9.02. The van der Waals surface area contributed by atoms with Crippen LogP contribution in [0.5, 0.6) is 0 Å². The van der Waals surface area contributed by atoms with E-state index >= 15 is 0 Å². The lowest BCUT2D eigenvalue weighted by molar-refractivity contribution is -0.120. The Balaban J connectivity index is 0.000000461. The van der Waals surface area contributed by atoms with Gasteiger partial charge in [0.2, 0.25) is 0 Å². The number of likely N-dealkylation sites (N-methyl/N-ethyl adjacent to an activating group) is 1. The molecule has 1 heterocycles. The van der Waals surface area contributed by atoms with Gasteiger partial charge in [0.25, 0.3) is 5.91 Å². The number of urea groups is 1. The molecule has 0 aromatic rings. The van der Waals surface area contributed by atoms with Crippen molar-refractivity contribution in [1.82, 2.24) is 10.2 Å². The molecule has 3 amide bonds. The molecule has 1 aliphatic heterocycles. The van der Waals surface area contributed by atoms with Crippen LogP contribution in [0.4, 0.5) is 4.79 Å². The predicted octanol–water partition coefficient (Wildman–Crippen LogP) is 0.583. The minimum Gasteiger partial charge on any atom is -0.316 e. The van der Waals surface area contributed by atoms with E-state index in [-0.39, 0.29) is 18.0 Å². The monoisotopic (exact) mass is 158 g/mol. The van der Waals surface area contributed by atoms with E-state index in [9.17, 15) is 9.59 Å². The van der Waals surface area contributed by atoms with Crippen molar-refractivity contribution in [2.24, 2.45) is 0 Å². The fourth-order valence-electron chi connectivity index (χ4n) is 0.650. The SMILES string of the molecule is CC.C[C@H]1C(=O)NC(=O)N1C. The molecule has 1 fully saturated rings. The largest absolute Gasteiger partial charge is 0.324 e. The normalized spacial score (nSPS) is 22.5. The molecule has 0 aliphatic carbocycles. The highest BCUT2D eigenvalue weighted by Gasteiger charge is 2.31. The molecular weight excluding hydrogens is 144 g/mol. The summed E-state index contributed by atoms with van der Waals surface area (Å²) in [4.78, 5) is 22.6. The summed E-state index contributed by atoms with van der Waals surface area (Å²) in [6, 6.07) is -0.620. The Hall–Kier alpha value is -1.06. The number of amides is 3. The molecule has 1 rings (SSSR count). The number of hydrogen-bond donors (Lipinski definition) is 1. The first-order valence-corrected chi connectivity index (χ1v) is 3.70. The minimum absolute atomic E-state index is 0.220. The van der Waals surface area contributed by atoms with E-state index in [1.54, 1.807) is 14.0 Å². The Morgan fingerprint density at radius 2 is 1.82 bits per heavy atom. The lowest BCUT2D eigenvalue weighted by atomic mass is 10.3. The number of imide groups is 1. The predicted molar refractivity (Wildman–Crippen MR) is 42.1 cm³/mol. The van der Waals surface area contributed by atoms with Crippen molar-refractivity contribution in [2.45, 2.75) is 26.8 Å². The molecule has 0 aromatic carbocycles. The van der Waals surface area contributed by atoms with Crippen LogP contribution in [0.2, 0.25) is 0 Å². The van der Waals surface area contributed by atoms with Gasteiger partial charge in [0.15, 0.2) is 0 Å². The maximum absolute atomic E-state index is 10.6. The highest BCUT2D eigenvalue weighted by molar-refractivity contribution is 6.03. The number of nitrogens with zero attached hydrogens (tertiary/aromatic N) is 1. The van der Waals surface area contributed by atoms with Gasteiger partial charge < -0.3 is 4.90 Å². The van der Waals surface area contributed by atoms with Gasteiger partial charge in [-0.25, -0.2) is 4.79 Å². The van der Waals surface area contributed by atoms with Crippen LogP contribution in [-0.2, 0) is 4.79 Å². The van der Waals surface area contributed by atoms with Crippen LogP contribution in [0.3, 0.4) is 0 Å². The molecule has 1 atom stereocenters.